The molecule has 28 heavy (non-hydrogen) atoms. The van der Waals surface area contributed by atoms with Crippen LogP contribution in [-0.4, -0.2) is 49.9 Å². The standard InChI is InChI=1S/C18H19N3O4S3/c1-12-2-4-14-15(10-12)27-18(19-14)20-16(22)11-13-3-5-17(26-13)28(23,24)21-6-8-25-9-7-21/h2-5,10H,6-9,11H2,1H3,(H,19,20,22). The Morgan fingerprint density at radius 3 is 2.79 bits per heavy atom. The number of benzene rings is 1. The Hall–Kier alpha value is -1.85. The first-order chi connectivity index (χ1) is 13.4. The molecule has 0 saturated carbocycles. The largest absolute Gasteiger partial charge is 0.379 e. The maximum absolute atomic E-state index is 12.7. The molecule has 0 radical (unpaired) electrons. The third-order valence-electron chi connectivity index (χ3n) is 4.33. The van der Waals surface area contributed by atoms with Crippen molar-refractivity contribution in [2.45, 2.75) is 17.6 Å². The van der Waals surface area contributed by atoms with E-state index in [0.717, 1.165) is 27.1 Å². The Bertz CT molecular complexity index is 1110. The first-order valence-electron chi connectivity index (χ1n) is 8.75. The monoisotopic (exact) mass is 437 g/mol. The number of anilines is 1. The zero-order valence-electron chi connectivity index (χ0n) is 15.2. The second-order valence-electron chi connectivity index (χ2n) is 6.45. The highest BCUT2D eigenvalue weighted by atomic mass is 32.2. The van der Waals surface area contributed by atoms with Crippen LogP contribution in [0.3, 0.4) is 0 Å². The highest BCUT2D eigenvalue weighted by Gasteiger charge is 2.28. The summed E-state index contributed by atoms with van der Waals surface area (Å²) in [5.41, 5.74) is 1.99. The number of hydrogen-bond acceptors (Lipinski definition) is 7. The average molecular weight is 438 g/mol. The van der Waals surface area contributed by atoms with Gasteiger partial charge >= 0.3 is 0 Å². The van der Waals surface area contributed by atoms with Gasteiger partial charge in [-0.1, -0.05) is 17.4 Å². The third kappa shape index (κ3) is 4.11. The molecular formula is C18H19N3O4S3. The summed E-state index contributed by atoms with van der Waals surface area (Å²) in [5, 5.41) is 3.35. The van der Waals surface area contributed by atoms with E-state index >= 15 is 0 Å². The molecule has 1 aliphatic rings. The number of thiophene rings is 1. The second kappa shape index (κ2) is 7.88. The Kier molecular flexibility index (Phi) is 5.48. The first-order valence-corrected chi connectivity index (χ1v) is 11.8. The Morgan fingerprint density at radius 2 is 2.00 bits per heavy atom. The lowest BCUT2D eigenvalue weighted by atomic mass is 10.2. The number of aryl methyl sites for hydroxylation is 1. The molecule has 7 nitrogen and oxygen atoms in total. The van der Waals surface area contributed by atoms with E-state index in [1.54, 1.807) is 12.1 Å². The van der Waals surface area contributed by atoms with Crippen LogP contribution in [0.1, 0.15) is 10.4 Å². The molecule has 1 N–H and O–H groups in total. The van der Waals surface area contributed by atoms with E-state index in [1.807, 2.05) is 25.1 Å². The molecule has 4 rings (SSSR count). The summed E-state index contributed by atoms with van der Waals surface area (Å²) < 4.78 is 33.3. The van der Waals surface area contributed by atoms with E-state index in [-0.39, 0.29) is 16.5 Å². The summed E-state index contributed by atoms with van der Waals surface area (Å²) in [4.78, 5) is 17.5. The van der Waals surface area contributed by atoms with Crippen molar-refractivity contribution < 1.29 is 17.9 Å². The van der Waals surface area contributed by atoms with Crippen LogP contribution in [0.4, 0.5) is 5.13 Å². The van der Waals surface area contributed by atoms with Crippen LogP contribution in [0.2, 0.25) is 0 Å². The van der Waals surface area contributed by atoms with Gasteiger partial charge in [-0.3, -0.25) is 4.79 Å². The maximum atomic E-state index is 12.7. The van der Waals surface area contributed by atoms with Gasteiger partial charge in [-0.25, -0.2) is 13.4 Å². The van der Waals surface area contributed by atoms with Crippen LogP contribution >= 0.6 is 22.7 Å². The number of fused-ring (bicyclic) bond motifs is 1. The molecule has 0 spiro atoms. The minimum Gasteiger partial charge on any atom is -0.379 e. The Balaban J connectivity index is 1.43. The van der Waals surface area contributed by atoms with Crippen molar-refractivity contribution in [3.63, 3.8) is 0 Å². The number of nitrogens with zero attached hydrogens (tertiary/aromatic N) is 2. The fourth-order valence-electron chi connectivity index (χ4n) is 2.91. The number of nitrogens with one attached hydrogen (secondary N) is 1. The van der Waals surface area contributed by atoms with E-state index < -0.39 is 10.0 Å². The van der Waals surface area contributed by atoms with E-state index in [0.29, 0.717) is 36.3 Å². The molecule has 0 atom stereocenters. The average Bonchev–Trinajstić information content (AvgIpc) is 3.28. The van der Waals surface area contributed by atoms with Gasteiger partial charge in [0.1, 0.15) is 4.21 Å². The highest BCUT2D eigenvalue weighted by Crippen LogP contribution is 2.28. The lowest BCUT2D eigenvalue weighted by Crippen LogP contribution is -2.40. The molecule has 2 aromatic heterocycles. The minimum atomic E-state index is -3.53. The predicted octanol–water partition coefficient (Wildman–Crippen LogP) is 2.87. The maximum Gasteiger partial charge on any atom is 0.252 e. The Labute approximate surface area is 171 Å². The van der Waals surface area contributed by atoms with Crippen LogP contribution in [0.5, 0.6) is 0 Å². The van der Waals surface area contributed by atoms with Gasteiger partial charge in [-0.15, -0.1) is 11.3 Å². The smallest absolute Gasteiger partial charge is 0.252 e. The van der Waals surface area contributed by atoms with E-state index in [1.165, 1.54) is 15.6 Å². The van der Waals surface area contributed by atoms with Crippen molar-refractivity contribution in [2.24, 2.45) is 0 Å². The number of thiazole rings is 1. The van der Waals surface area contributed by atoms with Gasteiger partial charge in [0.15, 0.2) is 5.13 Å². The van der Waals surface area contributed by atoms with Crippen molar-refractivity contribution in [3.8, 4) is 0 Å². The molecule has 1 amide bonds. The predicted molar refractivity (Wildman–Crippen MR) is 111 cm³/mol. The first kappa shape index (κ1) is 19.5. The highest BCUT2D eigenvalue weighted by molar-refractivity contribution is 7.91. The van der Waals surface area contributed by atoms with Gasteiger partial charge in [0.2, 0.25) is 5.91 Å². The van der Waals surface area contributed by atoms with Crippen LogP contribution in [0, 0.1) is 6.92 Å². The van der Waals surface area contributed by atoms with Crippen molar-refractivity contribution in [1.82, 2.24) is 9.29 Å². The number of aromatic nitrogens is 1. The molecule has 0 bridgehead atoms. The zero-order chi connectivity index (χ0) is 19.7. The molecular weight excluding hydrogens is 418 g/mol. The third-order valence-corrected chi connectivity index (χ3v) is 8.71. The number of rotatable bonds is 5. The summed E-state index contributed by atoms with van der Waals surface area (Å²) in [6.07, 6.45) is 0.109. The quantitative estimate of drug-likeness (QED) is 0.663. The number of morpholine rings is 1. The summed E-state index contributed by atoms with van der Waals surface area (Å²) in [6.45, 7) is 3.53. The lowest BCUT2D eigenvalue weighted by Gasteiger charge is -2.25. The summed E-state index contributed by atoms with van der Waals surface area (Å²) in [5.74, 6) is -0.215. The van der Waals surface area contributed by atoms with Gasteiger partial charge in [0, 0.05) is 18.0 Å². The number of carbonyl (C=O) groups excluding carboxylic acids is 1. The number of ether oxygens (including phenoxy) is 1. The van der Waals surface area contributed by atoms with Crippen molar-refractivity contribution >= 4 is 54.0 Å². The van der Waals surface area contributed by atoms with Crippen LogP contribution in [0.25, 0.3) is 10.2 Å². The van der Waals surface area contributed by atoms with Crippen molar-refractivity contribution in [1.29, 1.82) is 0 Å². The van der Waals surface area contributed by atoms with Crippen LogP contribution in [-0.2, 0) is 26.0 Å². The summed E-state index contributed by atoms with van der Waals surface area (Å²) >= 11 is 2.56. The number of hydrogen-bond donors (Lipinski definition) is 1. The molecule has 10 heteroatoms. The molecule has 3 heterocycles. The molecule has 1 saturated heterocycles. The second-order valence-corrected chi connectivity index (χ2v) is 10.8. The van der Waals surface area contributed by atoms with Crippen LogP contribution < -0.4 is 5.32 Å². The van der Waals surface area contributed by atoms with E-state index in [9.17, 15) is 13.2 Å². The number of sulfonamides is 1. The van der Waals surface area contributed by atoms with Gasteiger partial charge < -0.3 is 10.1 Å². The lowest BCUT2D eigenvalue weighted by molar-refractivity contribution is -0.115. The summed E-state index contributed by atoms with van der Waals surface area (Å²) in [6, 6.07) is 9.21. The number of amides is 1. The van der Waals surface area contributed by atoms with Gasteiger partial charge in [-0.05, 0) is 36.8 Å². The van der Waals surface area contributed by atoms with Crippen molar-refractivity contribution in [3.05, 3.63) is 40.8 Å². The van der Waals surface area contributed by atoms with Crippen LogP contribution in [0.15, 0.2) is 34.5 Å². The zero-order valence-corrected chi connectivity index (χ0v) is 17.6. The van der Waals surface area contributed by atoms with Gasteiger partial charge in [0.25, 0.3) is 10.0 Å². The van der Waals surface area contributed by atoms with E-state index in [2.05, 4.69) is 10.3 Å². The fraction of sp³-hybridized carbons (Fsp3) is 0.333. The number of carbonyl (C=O) groups is 1. The topological polar surface area (TPSA) is 88.6 Å². The SMILES string of the molecule is Cc1ccc2nc(NC(=O)Cc3ccc(S(=O)(=O)N4CCOCC4)s3)sc2c1. The summed E-state index contributed by atoms with van der Waals surface area (Å²) in [7, 11) is -3.53. The van der Waals surface area contributed by atoms with Crippen molar-refractivity contribution in [2.75, 3.05) is 31.6 Å². The normalized spacial score (nSPS) is 15.8. The minimum absolute atomic E-state index is 0.109. The van der Waals surface area contributed by atoms with Gasteiger partial charge in [-0.2, -0.15) is 4.31 Å². The molecule has 0 aliphatic carbocycles. The molecule has 148 valence electrons. The fourth-order valence-corrected chi connectivity index (χ4v) is 6.81. The molecule has 0 unspecified atom stereocenters. The molecule has 1 fully saturated rings. The Morgan fingerprint density at radius 1 is 1.21 bits per heavy atom. The van der Waals surface area contributed by atoms with E-state index in [4.69, 9.17) is 4.74 Å². The van der Waals surface area contributed by atoms with Gasteiger partial charge in [0.05, 0.1) is 29.9 Å². The molecule has 1 aromatic carbocycles. The molecule has 1 aliphatic heterocycles. The molecule has 3 aromatic rings.